The van der Waals surface area contributed by atoms with Gasteiger partial charge < -0.3 is 4.42 Å². The summed E-state index contributed by atoms with van der Waals surface area (Å²) in [6, 6.07) is 5.69. The minimum Gasteiger partial charge on any atom is -0.466 e. The third-order valence-corrected chi connectivity index (χ3v) is 3.33. The summed E-state index contributed by atoms with van der Waals surface area (Å²) >= 11 is 4.00. The van der Waals surface area contributed by atoms with E-state index in [-0.39, 0.29) is 21.8 Å². The number of benzene rings is 1. The summed E-state index contributed by atoms with van der Waals surface area (Å²) < 4.78 is 70.5. The number of rotatable bonds is 2. The number of hydrogen-bond acceptors (Lipinski definition) is 2. The zero-order valence-electron chi connectivity index (χ0n) is 11.0. The molecular weight excluding hydrogens is 311 g/mol. The topological polar surface area (TPSA) is 13.1 Å². The van der Waals surface area contributed by atoms with Crippen molar-refractivity contribution in [1.82, 2.24) is 0 Å². The Morgan fingerprint density at radius 1 is 1.14 bits per heavy atom. The second kappa shape index (κ2) is 5.05. The Bertz CT molecular complexity index is 672. The first-order chi connectivity index (χ1) is 9.55. The normalized spacial score (nSPS) is 12.8. The molecule has 0 atom stereocenters. The minimum atomic E-state index is -5.72. The lowest BCUT2D eigenvalue weighted by Gasteiger charge is -2.23. The maximum Gasteiger partial charge on any atom is 0.458 e. The van der Waals surface area contributed by atoms with Crippen LogP contribution < -0.4 is 0 Å². The molecule has 1 aromatic heterocycles. The van der Waals surface area contributed by atoms with E-state index in [1.165, 1.54) is 19.1 Å². The molecule has 0 saturated heterocycles. The molecule has 0 bridgehead atoms. The van der Waals surface area contributed by atoms with Crippen molar-refractivity contribution in [3.8, 4) is 11.1 Å². The van der Waals surface area contributed by atoms with Gasteiger partial charge in [0.25, 0.3) is 0 Å². The van der Waals surface area contributed by atoms with Gasteiger partial charge in [-0.25, -0.2) is 0 Å². The van der Waals surface area contributed by atoms with Crippen molar-refractivity contribution in [2.75, 3.05) is 0 Å². The first kappa shape index (κ1) is 15.9. The zero-order chi connectivity index (χ0) is 16.0. The van der Waals surface area contributed by atoms with Gasteiger partial charge in [-0.1, -0.05) is 6.07 Å². The molecule has 0 saturated carbocycles. The van der Waals surface area contributed by atoms with Crippen LogP contribution in [-0.4, -0.2) is 6.18 Å². The molecule has 0 spiro atoms. The van der Waals surface area contributed by atoms with E-state index in [4.69, 9.17) is 4.42 Å². The first-order valence-corrected chi connectivity index (χ1v) is 6.26. The molecule has 0 aliphatic rings. The highest BCUT2D eigenvalue weighted by Gasteiger charge is 2.59. The molecule has 2 aromatic rings. The van der Waals surface area contributed by atoms with Gasteiger partial charge in [0, 0.05) is 21.6 Å². The van der Waals surface area contributed by atoms with Gasteiger partial charge in [-0.15, -0.1) is 12.6 Å². The monoisotopic (exact) mass is 321 g/mol. The highest BCUT2D eigenvalue weighted by atomic mass is 32.1. The SMILES string of the molecule is Cc1cc(-c2c(C(F)(F)C(F)(F)F)[c]ccc2S)c(C)o1. The molecule has 0 fully saturated rings. The summed E-state index contributed by atoms with van der Waals surface area (Å²) in [5.74, 6) is -4.39. The second-order valence-corrected chi connectivity index (χ2v) is 4.99. The summed E-state index contributed by atoms with van der Waals surface area (Å²) in [6.07, 6.45) is -5.72. The summed E-state index contributed by atoms with van der Waals surface area (Å²) in [4.78, 5) is -0.00317. The van der Waals surface area contributed by atoms with Crippen molar-refractivity contribution < 1.29 is 26.4 Å². The smallest absolute Gasteiger partial charge is 0.458 e. The van der Waals surface area contributed by atoms with Gasteiger partial charge in [0.05, 0.1) is 0 Å². The quantitative estimate of drug-likeness (QED) is 0.584. The van der Waals surface area contributed by atoms with Crippen LogP contribution in [0, 0.1) is 19.9 Å². The van der Waals surface area contributed by atoms with Crippen LogP contribution in [0.1, 0.15) is 17.1 Å². The Hall–Kier alpha value is -1.50. The van der Waals surface area contributed by atoms with E-state index in [2.05, 4.69) is 12.6 Å². The van der Waals surface area contributed by atoms with Crippen molar-refractivity contribution in [3.05, 3.63) is 41.3 Å². The largest absolute Gasteiger partial charge is 0.466 e. The van der Waals surface area contributed by atoms with Gasteiger partial charge in [-0.2, -0.15) is 22.0 Å². The first-order valence-electron chi connectivity index (χ1n) is 5.81. The third-order valence-electron chi connectivity index (χ3n) is 2.96. The standard InChI is InChI=1S/C14H10F5OS/c1-7-6-9(8(2)20-7)12-10(4-3-5-11(12)21)13(15,16)14(17,18)19/h3,5-6,21H,1-2H3. The number of aryl methyl sites for hydroxylation is 2. The minimum absolute atomic E-state index is 0.00317. The number of alkyl halides is 5. The van der Waals surface area contributed by atoms with E-state index in [1.54, 1.807) is 6.92 Å². The van der Waals surface area contributed by atoms with Crippen LogP contribution in [0.4, 0.5) is 22.0 Å². The van der Waals surface area contributed by atoms with Gasteiger partial charge >= 0.3 is 12.1 Å². The fourth-order valence-corrected chi connectivity index (χ4v) is 2.34. The van der Waals surface area contributed by atoms with Gasteiger partial charge in [0.15, 0.2) is 0 Å². The molecule has 2 rings (SSSR count). The fourth-order valence-electron chi connectivity index (χ4n) is 2.03. The third kappa shape index (κ3) is 2.66. The van der Waals surface area contributed by atoms with Crippen LogP contribution in [0.25, 0.3) is 11.1 Å². The van der Waals surface area contributed by atoms with Crippen molar-refractivity contribution in [2.45, 2.75) is 30.8 Å². The summed E-state index contributed by atoms with van der Waals surface area (Å²) in [5.41, 5.74) is -1.43. The Balaban J connectivity index is 2.76. The molecular formula is C14H10F5OS. The molecule has 0 unspecified atom stereocenters. The predicted octanol–water partition coefficient (Wildman–Crippen LogP) is 5.31. The maximum absolute atomic E-state index is 13.7. The second-order valence-electron chi connectivity index (χ2n) is 4.51. The van der Waals surface area contributed by atoms with Crippen LogP contribution in [0.5, 0.6) is 0 Å². The number of halogens is 5. The number of thiol groups is 1. The zero-order valence-corrected chi connectivity index (χ0v) is 11.9. The van der Waals surface area contributed by atoms with Crippen molar-refractivity contribution in [2.24, 2.45) is 0 Å². The van der Waals surface area contributed by atoms with Crippen molar-refractivity contribution in [1.29, 1.82) is 0 Å². The highest BCUT2D eigenvalue weighted by Crippen LogP contribution is 2.48. The predicted molar refractivity (Wildman–Crippen MR) is 69.7 cm³/mol. The van der Waals surface area contributed by atoms with Crippen LogP contribution in [0.15, 0.2) is 27.5 Å². The lowest BCUT2D eigenvalue weighted by atomic mass is 9.95. The number of hydrogen-bond donors (Lipinski definition) is 1. The fraction of sp³-hybridized carbons (Fsp3) is 0.286. The summed E-state index contributed by atoms with van der Waals surface area (Å²) in [7, 11) is 0. The van der Waals surface area contributed by atoms with Gasteiger partial charge in [-0.05, 0) is 32.0 Å². The summed E-state index contributed by atoms with van der Waals surface area (Å²) in [5, 5.41) is 0. The van der Waals surface area contributed by atoms with Crippen molar-refractivity contribution in [3.63, 3.8) is 0 Å². The van der Waals surface area contributed by atoms with Gasteiger partial charge in [0.1, 0.15) is 11.5 Å². The lowest BCUT2D eigenvalue weighted by Crippen LogP contribution is -2.34. The molecule has 113 valence electrons. The van der Waals surface area contributed by atoms with E-state index >= 15 is 0 Å². The van der Waals surface area contributed by atoms with E-state index in [9.17, 15) is 22.0 Å². The molecule has 0 aliphatic carbocycles. The van der Waals surface area contributed by atoms with Crippen LogP contribution in [0.2, 0.25) is 0 Å². The maximum atomic E-state index is 13.7. The molecule has 1 aromatic carbocycles. The Morgan fingerprint density at radius 2 is 1.76 bits per heavy atom. The average Bonchev–Trinajstić information content (AvgIpc) is 2.66. The molecule has 0 N–H and O–H groups in total. The van der Waals surface area contributed by atoms with E-state index in [0.29, 0.717) is 5.76 Å². The Labute approximate surface area is 123 Å². The lowest BCUT2D eigenvalue weighted by molar-refractivity contribution is -0.289. The van der Waals surface area contributed by atoms with Crippen molar-refractivity contribution >= 4 is 12.6 Å². The molecule has 1 heterocycles. The molecule has 0 amide bonds. The summed E-state index contributed by atoms with van der Waals surface area (Å²) in [6.45, 7) is 3.06. The number of furan rings is 1. The Morgan fingerprint density at radius 3 is 2.24 bits per heavy atom. The van der Waals surface area contributed by atoms with E-state index < -0.39 is 17.7 Å². The average molecular weight is 321 g/mol. The molecule has 1 radical (unpaired) electrons. The van der Waals surface area contributed by atoms with E-state index in [0.717, 1.165) is 6.07 Å². The van der Waals surface area contributed by atoms with Crippen LogP contribution >= 0.6 is 12.6 Å². The Kier molecular flexibility index (Phi) is 3.82. The highest BCUT2D eigenvalue weighted by molar-refractivity contribution is 7.80. The van der Waals surface area contributed by atoms with Crippen LogP contribution in [-0.2, 0) is 5.92 Å². The van der Waals surface area contributed by atoms with Gasteiger partial charge in [-0.3, -0.25) is 0 Å². The molecule has 7 heteroatoms. The molecule has 0 aliphatic heterocycles. The van der Waals surface area contributed by atoms with Gasteiger partial charge in [0.2, 0.25) is 0 Å². The van der Waals surface area contributed by atoms with Crippen LogP contribution in [0.3, 0.4) is 0 Å². The molecule has 1 nitrogen and oxygen atoms in total. The molecule has 21 heavy (non-hydrogen) atoms. The van der Waals surface area contributed by atoms with E-state index in [1.807, 2.05) is 6.07 Å².